The normalized spacial score (nSPS) is 14.3. The number of ether oxygens (including phenoxy) is 3. The zero-order valence-corrected chi connectivity index (χ0v) is 17.6. The number of aromatic amines is 1. The minimum absolute atomic E-state index is 0.0238. The molecule has 1 N–H and O–H groups in total. The van der Waals surface area contributed by atoms with Crippen molar-refractivity contribution in [3.05, 3.63) is 29.5 Å². The van der Waals surface area contributed by atoms with E-state index in [1.165, 1.54) is 11.0 Å². The summed E-state index contributed by atoms with van der Waals surface area (Å²) >= 11 is 0. The third-order valence-electron chi connectivity index (χ3n) is 4.29. The number of hydrogen-bond acceptors (Lipinski definition) is 7. The molecular weight excluding hydrogens is 395 g/mol. The summed E-state index contributed by atoms with van der Waals surface area (Å²) in [6.07, 6.45) is 0.208. The summed E-state index contributed by atoms with van der Waals surface area (Å²) in [6, 6.07) is 1.41. The molecule has 2 aromatic rings. The molecule has 0 aromatic carbocycles. The van der Waals surface area contributed by atoms with Crippen LogP contribution < -0.4 is 4.74 Å². The number of pyridine rings is 1. The molecule has 162 valence electrons. The van der Waals surface area contributed by atoms with E-state index >= 15 is 0 Å². The number of carbonyl (C=O) groups is 2. The lowest BCUT2D eigenvalue weighted by Crippen LogP contribution is -2.57. The van der Waals surface area contributed by atoms with Gasteiger partial charge in [-0.25, -0.2) is 14.0 Å². The SMILES string of the molecule is CCOC(=O)c1n[nH]c(C)c1-c1cc(OC2CN(C(=O)OC(C)(C)C)C2)c(F)cn1. The van der Waals surface area contributed by atoms with E-state index < -0.39 is 23.5 Å². The van der Waals surface area contributed by atoms with Crippen molar-refractivity contribution in [2.45, 2.75) is 46.3 Å². The minimum Gasteiger partial charge on any atom is -0.483 e. The minimum atomic E-state index is -0.645. The highest BCUT2D eigenvalue weighted by atomic mass is 19.1. The summed E-state index contributed by atoms with van der Waals surface area (Å²) in [5.74, 6) is -1.27. The van der Waals surface area contributed by atoms with Crippen LogP contribution in [0.15, 0.2) is 12.3 Å². The fraction of sp³-hybridized carbons (Fsp3) is 0.500. The largest absolute Gasteiger partial charge is 0.483 e. The Morgan fingerprint density at radius 1 is 1.33 bits per heavy atom. The number of halogens is 1. The van der Waals surface area contributed by atoms with Crippen LogP contribution in [0.4, 0.5) is 9.18 Å². The van der Waals surface area contributed by atoms with Crippen LogP contribution in [-0.4, -0.2) is 63.5 Å². The number of H-pyrrole nitrogens is 1. The molecule has 0 spiro atoms. The van der Waals surface area contributed by atoms with Gasteiger partial charge in [0.2, 0.25) is 0 Å². The fourth-order valence-corrected chi connectivity index (χ4v) is 2.90. The number of rotatable bonds is 5. The molecule has 9 nitrogen and oxygen atoms in total. The van der Waals surface area contributed by atoms with Gasteiger partial charge in [0.25, 0.3) is 0 Å². The molecule has 3 rings (SSSR count). The number of esters is 1. The predicted octanol–water partition coefficient (Wildman–Crippen LogP) is 3.09. The van der Waals surface area contributed by atoms with Crippen molar-refractivity contribution >= 4 is 12.1 Å². The van der Waals surface area contributed by atoms with E-state index in [-0.39, 0.29) is 37.2 Å². The van der Waals surface area contributed by atoms with Gasteiger partial charge in [-0.1, -0.05) is 0 Å². The second-order valence-electron chi connectivity index (χ2n) is 7.92. The van der Waals surface area contributed by atoms with Crippen molar-refractivity contribution in [3.8, 4) is 17.0 Å². The van der Waals surface area contributed by atoms with Gasteiger partial charge < -0.3 is 19.1 Å². The molecule has 1 amide bonds. The summed E-state index contributed by atoms with van der Waals surface area (Å²) in [7, 11) is 0. The molecule has 2 aromatic heterocycles. The Balaban J connectivity index is 1.73. The maximum atomic E-state index is 14.3. The Hall–Kier alpha value is -3.17. The average molecular weight is 420 g/mol. The van der Waals surface area contributed by atoms with Gasteiger partial charge in [-0.15, -0.1) is 0 Å². The van der Waals surface area contributed by atoms with E-state index in [1.54, 1.807) is 34.6 Å². The summed E-state index contributed by atoms with van der Waals surface area (Å²) in [6.45, 7) is 9.54. The summed E-state index contributed by atoms with van der Waals surface area (Å²) in [5.41, 5.74) is 0.808. The van der Waals surface area contributed by atoms with E-state index in [2.05, 4.69) is 15.2 Å². The molecule has 0 saturated carbocycles. The lowest BCUT2D eigenvalue weighted by Gasteiger charge is -2.39. The number of aryl methyl sites for hydroxylation is 1. The zero-order chi connectivity index (χ0) is 22.1. The van der Waals surface area contributed by atoms with E-state index in [0.717, 1.165) is 6.20 Å². The molecule has 0 radical (unpaired) electrons. The number of amides is 1. The van der Waals surface area contributed by atoms with E-state index in [4.69, 9.17) is 14.2 Å². The Morgan fingerprint density at radius 3 is 2.67 bits per heavy atom. The topological polar surface area (TPSA) is 107 Å². The van der Waals surface area contributed by atoms with Crippen molar-refractivity contribution in [1.82, 2.24) is 20.1 Å². The number of aromatic nitrogens is 3. The van der Waals surface area contributed by atoms with E-state index in [1.807, 2.05) is 0 Å². The Bertz CT molecular complexity index is 947. The van der Waals surface area contributed by atoms with Gasteiger partial charge in [0.1, 0.15) is 11.7 Å². The second-order valence-corrected chi connectivity index (χ2v) is 7.92. The second kappa shape index (κ2) is 8.29. The monoisotopic (exact) mass is 420 g/mol. The molecular formula is C20H25FN4O5. The highest BCUT2D eigenvalue weighted by Crippen LogP contribution is 2.30. The Kier molecular flexibility index (Phi) is 5.95. The summed E-state index contributed by atoms with van der Waals surface area (Å²) < 4.78 is 30.3. The van der Waals surface area contributed by atoms with Crippen LogP contribution in [0, 0.1) is 12.7 Å². The molecule has 10 heteroatoms. The molecule has 0 bridgehead atoms. The van der Waals surface area contributed by atoms with Crippen LogP contribution in [0.3, 0.4) is 0 Å². The van der Waals surface area contributed by atoms with Crippen molar-refractivity contribution < 1.29 is 28.2 Å². The van der Waals surface area contributed by atoms with E-state index in [9.17, 15) is 14.0 Å². The maximum absolute atomic E-state index is 14.3. The lowest BCUT2D eigenvalue weighted by atomic mass is 10.1. The molecule has 0 aliphatic carbocycles. The van der Waals surface area contributed by atoms with Gasteiger partial charge in [-0.2, -0.15) is 5.10 Å². The van der Waals surface area contributed by atoms with E-state index in [0.29, 0.717) is 17.0 Å². The van der Waals surface area contributed by atoms with Gasteiger partial charge in [-0.05, 0) is 34.6 Å². The zero-order valence-electron chi connectivity index (χ0n) is 17.6. The smallest absolute Gasteiger partial charge is 0.410 e. The van der Waals surface area contributed by atoms with Gasteiger partial charge in [0.05, 0.1) is 37.2 Å². The van der Waals surface area contributed by atoms with Crippen LogP contribution in [0.2, 0.25) is 0 Å². The number of likely N-dealkylation sites (tertiary alicyclic amines) is 1. The summed E-state index contributed by atoms with van der Waals surface area (Å²) in [5, 5.41) is 6.70. The molecule has 0 atom stereocenters. The molecule has 0 unspecified atom stereocenters. The van der Waals surface area contributed by atoms with Gasteiger partial charge in [-0.3, -0.25) is 10.1 Å². The first-order valence-corrected chi connectivity index (χ1v) is 9.61. The van der Waals surface area contributed by atoms with Crippen LogP contribution in [0.1, 0.15) is 43.9 Å². The standard InChI is InChI=1S/C20H25FN4O5/c1-6-28-18(26)17-16(11(2)23-24-17)14-7-15(13(21)8-22-14)29-12-9-25(10-12)19(27)30-20(3,4)5/h7-8,12H,6,9-10H2,1-5H3,(H,23,24). The van der Waals surface area contributed by atoms with Crippen molar-refractivity contribution in [2.24, 2.45) is 0 Å². The number of hydrogen-bond donors (Lipinski definition) is 1. The molecule has 3 heterocycles. The van der Waals surface area contributed by atoms with Crippen molar-refractivity contribution in [3.63, 3.8) is 0 Å². The Labute approximate surface area is 173 Å². The first kappa shape index (κ1) is 21.5. The van der Waals surface area contributed by atoms with Crippen molar-refractivity contribution in [1.29, 1.82) is 0 Å². The first-order chi connectivity index (χ1) is 14.1. The quantitative estimate of drug-likeness (QED) is 0.741. The molecule has 1 saturated heterocycles. The highest BCUT2D eigenvalue weighted by Gasteiger charge is 2.35. The lowest BCUT2D eigenvalue weighted by molar-refractivity contribution is -0.0229. The number of carbonyl (C=O) groups excluding carboxylic acids is 2. The third-order valence-corrected chi connectivity index (χ3v) is 4.29. The maximum Gasteiger partial charge on any atom is 0.410 e. The van der Waals surface area contributed by atoms with Crippen molar-refractivity contribution in [2.75, 3.05) is 19.7 Å². The van der Waals surface area contributed by atoms with Crippen LogP contribution in [-0.2, 0) is 9.47 Å². The predicted molar refractivity (Wildman–Crippen MR) is 105 cm³/mol. The van der Waals surface area contributed by atoms with Gasteiger partial charge in [0.15, 0.2) is 17.3 Å². The van der Waals surface area contributed by atoms with Gasteiger partial charge >= 0.3 is 12.1 Å². The molecule has 1 aliphatic heterocycles. The summed E-state index contributed by atoms with van der Waals surface area (Å²) in [4.78, 5) is 29.7. The average Bonchev–Trinajstić information content (AvgIpc) is 2.99. The Morgan fingerprint density at radius 2 is 2.03 bits per heavy atom. The number of nitrogens with one attached hydrogen (secondary N) is 1. The third kappa shape index (κ3) is 4.69. The van der Waals surface area contributed by atoms with Crippen LogP contribution in [0.5, 0.6) is 5.75 Å². The van der Waals surface area contributed by atoms with Gasteiger partial charge in [0, 0.05) is 11.8 Å². The first-order valence-electron chi connectivity index (χ1n) is 9.61. The van der Waals surface area contributed by atoms with Crippen LogP contribution >= 0.6 is 0 Å². The molecule has 1 fully saturated rings. The fourth-order valence-electron chi connectivity index (χ4n) is 2.90. The number of nitrogens with zero attached hydrogens (tertiary/aromatic N) is 3. The molecule has 1 aliphatic rings. The van der Waals surface area contributed by atoms with Crippen LogP contribution in [0.25, 0.3) is 11.3 Å². The highest BCUT2D eigenvalue weighted by molar-refractivity contribution is 5.95. The molecule has 30 heavy (non-hydrogen) atoms.